The maximum Gasteiger partial charge on any atom is 0.304 e. The molecule has 5 nitrogen and oxygen atoms in total. The summed E-state index contributed by atoms with van der Waals surface area (Å²) in [5, 5.41) is 21.9. The summed E-state index contributed by atoms with van der Waals surface area (Å²) in [6.45, 7) is 2.57. The van der Waals surface area contributed by atoms with Crippen LogP contribution in [0.2, 0.25) is 0 Å². The first-order chi connectivity index (χ1) is 10.1. The second kappa shape index (κ2) is 5.93. The molecule has 6 heteroatoms. The van der Waals surface area contributed by atoms with Gasteiger partial charge in [-0.3, -0.25) is 10.1 Å². The van der Waals surface area contributed by atoms with E-state index in [1.165, 1.54) is 37.0 Å². The molecule has 1 aliphatic carbocycles. The highest BCUT2D eigenvalue weighted by Crippen LogP contribution is 2.45. The van der Waals surface area contributed by atoms with Gasteiger partial charge in [0.15, 0.2) is 5.00 Å². The van der Waals surface area contributed by atoms with Crippen molar-refractivity contribution in [2.75, 3.05) is 11.4 Å². The van der Waals surface area contributed by atoms with Gasteiger partial charge in [0.1, 0.15) is 0 Å². The Bertz CT molecular complexity index is 527. The molecule has 2 heterocycles. The number of nitrogens with zero attached hydrogens (tertiary/aromatic N) is 2. The number of anilines is 1. The smallest absolute Gasteiger partial charge is 0.304 e. The first-order valence-electron chi connectivity index (χ1n) is 7.80. The Morgan fingerprint density at radius 1 is 1.38 bits per heavy atom. The predicted octanol–water partition coefficient (Wildman–Crippen LogP) is 3.87. The molecule has 1 saturated heterocycles. The van der Waals surface area contributed by atoms with E-state index in [0.717, 1.165) is 24.4 Å². The molecule has 1 aliphatic heterocycles. The Morgan fingerprint density at radius 2 is 2.10 bits per heavy atom. The molecule has 0 bridgehead atoms. The number of aliphatic hydroxyl groups excluding tert-OH is 1. The molecule has 0 radical (unpaired) electrons. The average molecular weight is 310 g/mol. The summed E-state index contributed by atoms with van der Waals surface area (Å²) < 4.78 is 0. The number of hydrogen-bond donors (Lipinski definition) is 1. The molecule has 21 heavy (non-hydrogen) atoms. The number of hydrogen-bond acceptors (Lipinski definition) is 5. The van der Waals surface area contributed by atoms with Crippen molar-refractivity contribution in [1.82, 2.24) is 0 Å². The normalized spacial score (nSPS) is 27.2. The first-order valence-corrected chi connectivity index (χ1v) is 8.62. The van der Waals surface area contributed by atoms with Gasteiger partial charge in [-0.15, -0.1) is 11.3 Å². The van der Waals surface area contributed by atoms with Crippen LogP contribution < -0.4 is 4.90 Å². The Balaban J connectivity index is 1.95. The van der Waals surface area contributed by atoms with E-state index >= 15 is 0 Å². The minimum Gasteiger partial charge on any atom is -0.388 e. The second-order valence-electron chi connectivity index (χ2n) is 6.22. The number of fused-ring (bicyclic) bond motifs is 1. The van der Waals surface area contributed by atoms with Crippen LogP contribution in [0.1, 0.15) is 56.4 Å². The number of nitro groups is 1. The number of aliphatic hydroxyl groups is 1. The summed E-state index contributed by atoms with van der Waals surface area (Å²) in [6.07, 6.45) is 6.63. The molecular weight excluding hydrogens is 288 g/mol. The van der Waals surface area contributed by atoms with Crippen molar-refractivity contribution >= 4 is 22.0 Å². The van der Waals surface area contributed by atoms with Gasteiger partial charge >= 0.3 is 5.69 Å². The molecule has 3 atom stereocenters. The minimum atomic E-state index is -0.644. The van der Waals surface area contributed by atoms with E-state index < -0.39 is 6.10 Å². The van der Waals surface area contributed by atoms with E-state index in [1.54, 1.807) is 13.0 Å². The SMILES string of the molecule is CC(O)c1cc([N+](=O)[O-])c(N2CCC[C@H]3CCCC[C@H]32)s1. The lowest BCUT2D eigenvalue weighted by Gasteiger charge is -2.44. The van der Waals surface area contributed by atoms with Gasteiger partial charge in [0.2, 0.25) is 0 Å². The van der Waals surface area contributed by atoms with Crippen molar-refractivity contribution in [3.63, 3.8) is 0 Å². The molecule has 1 aromatic rings. The highest BCUT2D eigenvalue weighted by atomic mass is 32.1. The molecule has 116 valence electrons. The van der Waals surface area contributed by atoms with Crippen LogP contribution in [0, 0.1) is 16.0 Å². The lowest BCUT2D eigenvalue weighted by molar-refractivity contribution is -0.383. The monoisotopic (exact) mass is 310 g/mol. The van der Waals surface area contributed by atoms with Gasteiger partial charge in [-0.25, -0.2) is 0 Å². The quantitative estimate of drug-likeness (QED) is 0.680. The Kier molecular flexibility index (Phi) is 4.17. The third-order valence-corrected chi connectivity index (χ3v) is 6.16. The van der Waals surface area contributed by atoms with E-state index in [4.69, 9.17) is 0 Å². The zero-order valence-corrected chi connectivity index (χ0v) is 13.1. The second-order valence-corrected chi connectivity index (χ2v) is 7.28. The largest absolute Gasteiger partial charge is 0.388 e. The zero-order valence-electron chi connectivity index (χ0n) is 12.3. The van der Waals surface area contributed by atoms with Crippen molar-refractivity contribution in [3.8, 4) is 0 Å². The van der Waals surface area contributed by atoms with Gasteiger partial charge in [-0.1, -0.05) is 12.8 Å². The molecule has 3 rings (SSSR count). The number of rotatable bonds is 3. The molecular formula is C15H22N2O3S. The molecule has 1 aromatic heterocycles. The Hall–Kier alpha value is -1.14. The molecule has 1 saturated carbocycles. The topological polar surface area (TPSA) is 66.6 Å². The first kappa shape index (κ1) is 14.8. The van der Waals surface area contributed by atoms with Gasteiger partial charge in [0.25, 0.3) is 0 Å². The average Bonchev–Trinajstić information content (AvgIpc) is 2.92. The van der Waals surface area contributed by atoms with Crippen molar-refractivity contribution in [3.05, 3.63) is 21.1 Å². The fourth-order valence-electron chi connectivity index (χ4n) is 3.81. The molecule has 0 spiro atoms. The summed E-state index contributed by atoms with van der Waals surface area (Å²) in [5.41, 5.74) is 0.169. The third kappa shape index (κ3) is 2.79. The highest BCUT2D eigenvalue weighted by molar-refractivity contribution is 7.16. The summed E-state index contributed by atoms with van der Waals surface area (Å²) in [4.78, 5) is 14.0. The standard InChI is InChI=1S/C15H22N2O3S/c1-10(18)14-9-13(17(19)20)15(21-14)16-8-4-6-11-5-2-3-7-12(11)16/h9-12,18H,2-8H2,1H3/t10?,11-,12-/m1/s1. The van der Waals surface area contributed by atoms with Crippen molar-refractivity contribution in [1.29, 1.82) is 0 Å². The fraction of sp³-hybridized carbons (Fsp3) is 0.733. The van der Waals surface area contributed by atoms with Crippen LogP contribution in [0.4, 0.5) is 10.7 Å². The Morgan fingerprint density at radius 3 is 2.81 bits per heavy atom. The molecule has 1 N–H and O–H groups in total. The van der Waals surface area contributed by atoms with E-state index in [1.807, 2.05) is 0 Å². The van der Waals surface area contributed by atoms with Crippen molar-refractivity contribution < 1.29 is 10.0 Å². The number of thiophene rings is 1. The molecule has 1 unspecified atom stereocenters. The van der Waals surface area contributed by atoms with Crippen LogP contribution in [-0.2, 0) is 0 Å². The number of piperidine rings is 1. The van der Waals surface area contributed by atoms with Gasteiger partial charge in [-0.05, 0) is 38.5 Å². The molecule has 0 amide bonds. The Labute approximate surface area is 128 Å². The van der Waals surface area contributed by atoms with Crippen LogP contribution in [0.25, 0.3) is 0 Å². The van der Waals surface area contributed by atoms with E-state index in [-0.39, 0.29) is 10.6 Å². The summed E-state index contributed by atoms with van der Waals surface area (Å²) in [5.74, 6) is 0.684. The van der Waals surface area contributed by atoms with E-state index in [2.05, 4.69) is 4.90 Å². The van der Waals surface area contributed by atoms with Gasteiger partial charge in [0.05, 0.1) is 11.0 Å². The minimum absolute atomic E-state index is 0.169. The maximum atomic E-state index is 11.4. The van der Waals surface area contributed by atoms with Crippen LogP contribution >= 0.6 is 11.3 Å². The zero-order chi connectivity index (χ0) is 15.0. The molecule has 2 aliphatic rings. The molecule has 2 fully saturated rings. The van der Waals surface area contributed by atoms with Gasteiger partial charge < -0.3 is 10.0 Å². The summed E-state index contributed by atoms with van der Waals surface area (Å²) in [6, 6.07) is 2.00. The van der Waals surface area contributed by atoms with E-state index in [0.29, 0.717) is 16.8 Å². The van der Waals surface area contributed by atoms with Gasteiger partial charge in [-0.2, -0.15) is 0 Å². The lowest BCUT2D eigenvalue weighted by Crippen LogP contribution is -2.46. The van der Waals surface area contributed by atoms with Crippen LogP contribution in [0.15, 0.2) is 6.07 Å². The van der Waals surface area contributed by atoms with Crippen LogP contribution in [-0.4, -0.2) is 22.6 Å². The van der Waals surface area contributed by atoms with E-state index in [9.17, 15) is 15.2 Å². The lowest BCUT2D eigenvalue weighted by atomic mass is 9.78. The highest BCUT2D eigenvalue weighted by Gasteiger charge is 2.37. The maximum absolute atomic E-state index is 11.4. The summed E-state index contributed by atoms with van der Waals surface area (Å²) in [7, 11) is 0. The third-order valence-electron chi connectivity index (χ3n) is 4.83. The van der Waals surface area contributed by atoms with Crippen LogP contribution in [0.3, 0.4) is 0 Å². The fourth-order valence-corrected chi connectivity index (χ4v) is 4.96. The van der Waals surface area contributed by atoms with Gasteiger partial charge in [0, 0.05) is 23.5 Å². The van der Waals surface area contributed by atoms with Crippen molar-refractivity contribution in [2.45, 2.75) is 57.6 Å². The summed E-state index contributed by atoms with van der Waals surface area (Å²) >= 11 is 1.39. The van der Waals surface area contributed by atoms with Crippen LogP contribution in [0.5, 0.6) is 0 Å². The van der Waals surface area contributed by atoms with Crippen molar-refractivity contribution in [2.24, 2.45) is 5.92 Å². The predicted molar refractivity (Wildman–Crippen MR) is 83.9 cm³/mol. The molecule has 0 aromatic carbocycles.